The molecule has 0 bridgehead atoms. The summed E-state index contributed by atoms with van der Waals surface area (Å²) in [6.45, 7) is 0. The molecule has 2 N–H and O–H groups in total. The van der Waals surface area contributed by atoms with Crippen molar-refractivity contribution in [1.82, 2.24) is 0 Å². The Morgan fingerprint density at radius 2 is 2.15 bits per heavy atom. The fourth-order valence-corrected chi connectivity index (χ4v) is 2.53. The molecule has 70 valence electrons. The molecule has 3 heteroatoms. The van der Waals surface area contributed by atoms with Gasteiger partial charge >= 0.3 is 0 Å². The fraction of sp³-hybridized carbons (Fsp3) is 0.400. The quantitative estimate of drug-likeness (QED) is 0.737. The highest BCUT2D eigenvalue weighted by molar-refractivity contribution is 8.00. The van der Waals surface area contributed by atoms with E-state index in [2.05, 4.69) is 0 Å². The molecule has 0 unspecified atom stereocenters. The second-order valence-corrected chi connectivity index (χ2v) is 4.73. The lowest BCUT2D eigenvalue weighted by Gasteiger charge is -2.24. The maximum absolute atomic E-state index is 13.0. The van der Waals surface area contributed by atoms with Crippen LogP contribution in [0.5, 0.6) is 0 Å². The van der Waals surface area contributed by atoms with Crippen molar-refractivity contribution < 1.29 is 4.39 Å². The highest BCUT2D eigenvalue weighted by Gasteiger charge is 2.18. The average molecular weight is 197 g/mol. The van der Waals surface area contributed by atoms with E-state index in [4.69, 9.17) is 5.73 Å². The summed E-state index contributed by atoms with van der Waals surface area (Å²) in [7, 11) is 0. The van der Waals surface area contributed by atoms with E-state index in [-0.39, 0.29) is 11.5 Å². The molecule has 13 heavy (non-hydrogen) atoms. The Bertz CT molecular complexity index is 310. The van der Waals surface area contributed by atoms with Crippen molar-refractivity contribution in [3.63, 3.8) is 0 Å². The first-order valence-corrected chi connectivity index (χ1v) is 5.35. The van der Waals surface area contributed by atoms with Crippen molar-refractivity contribution in [2.24, 2.45) is 0 Å². The second-order valence-electron chi connectivity index (χ2n) is 3.35. The summed E-state index contributed by atoms with van der Waals surface area (Å²) in [4.78, 5) is 0.997. The molecule has 0 radical (unpaired) electrons. The van der Waals surface area contributed by atoms with E-state index < -0.39 is 0 Å². The Kier molecular flexibility index (Phi) is 2.44. The van der Waals surface area contributed by atoms with Gasteiger partial charge in [-0.3, -0.25) is 0 Å². The number of anilines is 1. The lowest BCUT2D eigenvalue weighted by atomic mass is 10.0. The zero-order valence-electron chi connectivity index (χ0n) is 7.29. The van der Waals surface area contributed by atoms with Crippen molar-refractivity contribution in [3.8, 4) is 0 Å². The molecule has 0 aromatic heterocycles. The van der Waals surface area contributed by atoms with Gasteiger partial charge in [0.05, 0.1) is 5.69 Å². The number of halogens is 1. The Morgan fingerprint density at radius 1 is 1.38 bits per heavy atom. The lowest BCUT2D eigenvalue weighted by molar-refractivity contribution is 0.522. The number of hydrogen-bond donors (Lipinski definition) is 1. The fourth-order valence-electron chi connectivity index (χ4n) is 1.26. The largest absolute Gasteiger partial charge is 0.396 e. The van der Waals surface area contributed by atoms with Gasteiger partial charge in [-0.25, -0.2) is 4.39 Å². The Morgan fingerprint density at radius 3 is 2.69 bits per heavy atom. The van der Waals surface area contributed by atoms with Gasteiger partial charge in [0.15, 0.2) is 0 Å². The van der Waals surface area contributed by atoms with E-state index in [1.54, 1.807) is 17.8 Å². The van der Waals surface area contributed by atoms with Crippen molar-refractivity contribution in [2.75, 3.05) is 5.73 Å². The van der Waals surface area contributed by atoms with Crippen LogP contribution in [0.25, 0.3) is 0 Å². The van der Waals surface area contributed by atoms with Gasteiger partial charge in [0, 0.05) is 10.1 Å². The smallest absolute Gasteiger partial charge is 0.147 e. The summed E-state index contributed by atoms with van der Waals surface area (Å²) in [6, 6.07) is 5.05. The van der Waals surface area contributed by atoms with Crippen LogP contribution in [0.1, 0.15) is 19.3 Å². The molecule has 1 aliphatic rings. The number of rotatable bonds is 2. The summed E-state index contributed by atoms with van der Waals surface area (Å²) in [5, 5.41) is 0.697. The van der Waals surface area contributed by atoms with Crippen LogP contribution in [-0.2, 0) is 0 Å². The number of nitrogens with two attached hydrogens (primary N) is 1. The minimum Gasteiger partial charge on any atom is -0.396 e. The van der Waals surface area contributed by atoms with Gasteiger partial charge in [0.25, 0.3) is 0 Å². The highest BCUT2D eigenvalue weighted by Crippen LogP contribution is 2.36. The maximum Gasteiger partial charge on any atom is 0.147 e. The van der Waals surface area contributed by atoms with Crippen LogP contribution in [0.2, 0.25) is 0 Å². The molecular formula is C10H12FNS. The molecule has 1 aromatic carbocycles. The van der Waals surface area contributed by atoms with Crippen LogP contribution in [0.3, 0.4) is 0 Å². The first-order valence-electron chi connectivity index (χ1n) is 4.47. The van der Waals surface area contributed by atoms with Gasteiger partial charge in [-0.05, 0) is 31.0 Å². The minimum absolute atomic E-state index is 0.234. The molecule has 0 amide bonds. The van der Waals surface area contributed by atoms with Crippen molar-refractivity contribution in [2.45, 2.75) is 29.4 Å². The van der Waals surface area contributed by atoms with Crippen LogP contribution in [-0.4, -0.2) is 5.25 Å². The van der Waals surface area contributed by atoms with Gasteiger partial charge in [0.2, 0.25) is 0 Å². The van der Waals surface area contributed by atoms with Crippen molar-refractivity contribution in [1.29, 1.82) is 0 Å². The Hall–Kier alpha value is -0.700. The van der Waals surface area contributed by atoms with Gasteiger partial charge in [-0.15, -0.1) is 11.8 Å². The van der Waals surface area contributed by atoms with E-state index >= 15 is 0 Å². The number of thioether (sulfide) groups is 1. The maximum atomic E-state index is 13.0. The van der Waals surface area contributed by atoms with Crippen LogP contribution in [0.15, 0.2) is 23.1 Å². The first kappa shape index (κ1) is 8.88. The van der Waals surface area contributed by atoms with E-state index in [1.807, 2.05) is 6.07 Å². The zero-order valence-corrected chi connectivity index (χ0v) is 8.11. The SMILES string of the molecule is Nc1ccc(SC2CCC2)cc1F. The molecule has 1 aliphatic carbocycles. The Labute approximate surface area is 81.5 Å². The van der Waals surface area contributed by atoms with Crippen LogP contribution in [0, 0.1) is 5.82 Å². The average Bonchev–Trinajstić information content (AvgIpc) is 2.04. The summed E-state index contributed by atoms with van der Waals surface area (Å²) in [6.07, 6.45) is 3.84. The lowest BCUT2D eigenvalue weighted by Crippen LogP contribution is -2.12. The predicted molar refractivity (Wildman–Crippen MR) is 54.3 cm³/mol. The van der Waals surface area contributed by atoms with Gasteiger partial charge < -0.3 is 5.73 Å². The molecule has 1 saturated carbocycles. The van der Waals surface area contributed by atoms with E-state index in [1.165, 1.54) is 25.3 Å². The topological polar surface area (TPSA) is 26.0 Å². The summed E-state index contributed by atoms with van der Waals surface area (Å²) in [5.41, 5.74) is 5.62. The third-order valence-corrected chi connectivity index (χ3v) is 3.66. The molecule has 0 aliphatic heterocycles. The molecule has 1 fully saturated rings. The zero-order chi connectivity index (χ0) is 9.26. The van der Waals surface area contributed by atoms with E-state index in [0.29, 0.717) is 5.25 Å². The van der Waals surface area contributed by atoms with Crippen LogP contribution < -0.4 is 5.73 Å². The molecule has 2 rings (SSSR count). The normalized spacial score (nSPS) is 17.0. The molecule has 0 atom stereocenters. The summed E-state index contributed by atoms with van der Waals surface area (Å²) in [5.74, 6) is -0.302. The number of nitrogen functional groups attached to an aromatic ring is 1. The third kappa shape index (κ3) is 1.97. The van der Waals surface area contributed by atoms with Crippen LogP contribution in [0.4, 0.5) is 10.1 Å². The molecule has 0 heterocycles. The van der Waals surface area contributed by atoms with E-state index in [0.717, 1.165) is 4.90 Å². The monoisotopic (exact) mass is 197 g/mol. The predicted octanol–water partition coefficient (Wildman–Crippen LogP) is 3.05. The van der Waals surface area contributed by atoms with Gasteiger partial charge in [-0.1, -0.05) is 6.42 Å². The molecule has 0 saturated heterocycles. The molecule has 1 aromatic rings. The minimum atomic E-state index is -0.302. The Balaban J connectivity index is 2.07. The number of hydrogen-bond acceptors (Lipinski definition) is 2. The van der Waals surface area contributed by atoms with Crippen molar-refractivity contribution in [3.05, 3.63) is 24.0 Å². The van der Waals surface area contributed by atoms with E-state index in [9.17, 15) is 4.39 Å². The highest BCUT2D eigenvalue weighted by atomic mass is 32.2. The first-order chi connectivity index (χ1) is 6.25. The van der Waals surface area contributed by atoms with Gasteiger partial charge in [-0.2, -0.15) is 0 Å². The molecule has 1 nitrogen and oxygen atoms in total. The summed E-state index contributed by atoms with van der Waals surface area (Å²) < 4.78 is 13.0. The van der Waals surface area contributed by atoms with Gasteiger partial charge in [0.1, 0.15) is 5.82 Å². The van der Waals surface area contributed by atoms with Crippen molar-refractivity contribution >= 4 is 17.4 Å². The third-order valence-electron chi connectivity index (χ3n) is 2.33. The standard InChI is InChI=1S/C10H12FNS/c11-9-6-8(4-5-10(9)12)13-7-2-1-3-7/h4-7H,1-3,12H2. The number of benzene rings is 1. The summed E-state index contributed by atoms with van der Waals surface area (Å²) >= 11 is 1.76. The molecular weight excluding hydrogens is 185 g/mol. The molecule has 0 spiro atoms. The van der Waals surface area contributed by atoms with Crippen LogP contribution >= 0.6 is 11.8 Å². The second kappa shape index (κ2) is 3.58.